The molecule has 1 aliphatic heterocycles. The second-order valence-corrected chi connectivity index (χ2v) is 9.43. The lowest BCUT2D eigenvalue weighted by molar-refractivity contribution is -0.116. The van der Waals surface area contributed by atoms with Gasteiger partial charge in [-0.25, -0.2) is 13.1 Å². The van der Waals surface area contributed by atoms with Gasteiger partial charge in [-0.3, -0.25) is 4.79 Å². The van der Waals surface area contributed by atoms with E-state index in [-0.39, 0.29) is 10.8 Å². The number of benzene rings is 1. The standard InChI is InChI=1S/C18H29N3O3S/c1-13-5-7-15(11-16(13)25(23,24)21-18(2,3)4)20-17(22)8-6-14-9-10-19-12-14/h5,7,11,14,19,21H,6,8-10,12H2,1-4H3,(H,20,22). The van der Waals surface area contributed by atoms with Crippen molar-refractivity contribution in [3.05, 3.63) is 23.8 Å². The van der Waals surface area contributed by atoms with E-state index in [2.05, 4.69) is 15.4 Å². The van der Waals surface area contributed by atoms with Crippen molar-refractivity contribution in [1.29, 1.82) is 0 Å². The predicted octanol–water partition coefficient (Wildman–Crippen LogP) is 2.40. The van der Waals surface area contributed by atoms with Crippen LogP contribution in [-0.4, -0.2) is 33.0 Å². The summed E-state index contributed by atoms with van der Waals surface area (Å²) in [6.07, 6.45) is 2.41. The fourth-order valence-corrected chi connectivity index (χ4v) is 4.64. The van der Waals surface area contributed by atoms with Gasteiger partial charge in [0.25, 0.3) is 0 Å². The monoisotopic (exact) mass is 367 g/mol. The minimum absolute atomic E-state index is 0.0807. The minimum Gasteiger partial charge on any atom is -0.326 e. The summed E-state index contributed by atoms with van der Waals surface area (Å²) in [5.41, 5.74) is 0.584. The summed E-state index contributed by atoms with van der Waals surface area (Å²) in [5.74, 6) is 0.471. The third-order valence-corrected chi connectivity index (χ3v) is 6.04. The molecule has 25 heavy (non-hydrogen) atoms. The molecule has 1 heterocycles. The van der Waals surface area contributed by atoms with Crippen molar-refractivity contribution in [3.8, 4) is 0 Å². The van der Waals surface area contributed by atoms with E-state index in [1.165, 1.54) is 6.07 Å². The zero-order valence-electron chi connectivity index (χ0n) is 15.5. The highest BCUT2D eigenvalue weighted by molar-refractivity contribution is 7.89. The SMILES string of the molecule is Cc1ccc(NC(=O)CCC2CCNC2)cc1S(=O)(=O)NC(C)(C)C. The molecule has 0 aromatic heterocycles. The molecule has 7 heteroatoms. The number of rotatable bonds is 6. The van der Waals surface area contributed by atoms with E-state index in [0.717, 1.165) is 25.9 Å². The Balaban J connectivity index is 2.06. The molecule has 140 valence electrons. The lowest BCUT2D eigenvalue weighted by Gasteiger charge is -2.21. The molecule has 1 aromatic rings. The fraction of sp³-hybridized carbons (Fsp3) is 0.611. The Hall–Kier alpha value is -1.44. The molecule has 1 saturated heterocycles. The predicted molar refractivity (Wildman–Crippen MR) is 100 cm³/mol. The molecule has 0 bridgehead atoms. The van der Waals surface area contributed by atoms with Crippen LogP contribution in [0.1, 0.15) is 45.6 Å². The molecule has 1 unspecified atom stereocenters. The van der Waals surface area contributed by atoms with Crippen LogP contribution in [0.15, 0.2) is 23.1 Å². The number of amides is 1. The van der Waals surface area contributed by atoms with Crippen molar-refractivity contribution in [1.82, 2.24) is 10.0 Å². The average molecular weight is 368 g/mol. The smallest absolute Gasteiger partial charge is 0.241 e. The zero-order valence-corrected chi connectivity index (χ0v) is 16.3. The Bertz CT molecular complexity index is 718. The first-order valence-corrected chi connectivity index (χ1v) is 10.2. The van der Waals surface area contributed by atoms with Gasteiger partial charge in [-0.05, 0) is 77.2 Å². The molecule has 2 rings (SSSR count). The summed E-state index contributed by atoms with van der Waals surface area (Å²) in [4.78, 5) is 12.3. The Morgan fingerprint density at radius 2 is 2.04 bits per heavy atom. The first kappa shape index (κ1) is 19.9. The van der Waals surface area contributed by atoms with Gasteiger partial charge in [-0.15, -0.1) is 0 Å². The number of aryl methyl sites for hydroxylation is 1. The van der Waals surface area contributed by atoms with Gasteiger partial charge >= 0.3 is 0 Å². The van der Waals surface area contributed by atoms with Crippen LogP contribution in [0.3, 0.4) is 0 Å². The zero-order chi connectivity index (χ0) is 18.7. The van der Waals surface area contributed by atoms with Crippen LogP contribution in [0, 0.1) is 12.8 Å². The van der Waals surface area contributed by atoms with Gasteiger partial charge in [0.05, 0.1) is 4.90 Å². The van der Waals surface area contributed by atoms with E-state index in [9.17, 15) is 13.2 Å². The molecule has 1 aliphatic rings. The van der Waals surface area contributed by atoms with Gasteiger partial charge in [0, 0.05) is 17.6 Å². The van der Waals surface area contributed by atoms with Crippen LogP contribution in [-0.2, 0) is 14.8 Å². The second kappa shape index (κ2) is 7.85. The highest BCUT2D eigenvalue weighted by atomic mass is 32.2. The number of anilines is 1. The first-order chi connectivity index (χ1) is 11.6. The molecule has 0 radical (unpaired) electrons. The maximum atomic E-state index is 12.6. The fourth-order valence-electron chi connectivity index (χ4n) is 2.94. The summed E-state index contributed by atoms with van der Waals surface area (Å²) < 4.78 is 27.8. The van der Waals surface area contributed by atoms with Gasteiger partial charge in [0.2, 0.25) is 15.9 Å². The van der Waals surface area contributed by atoms with Crippen LogP contribution >= 0.6 is 0 Å². The quantitative estimate of drug-likeness (QED) is 0.720. The summed E-state index contributed by atoms with van der Waals surface area (Å²) in [5, 5.41) is 6.11. The van der Waals surface area contributed by atoms with E-state index in [4.69, 9.17) is 0 Å². The van der Waals surface area contributed by atoms with Crippen molar-refractivity contribution in [2.75, 3.05) is 18.4 Å². The summed E-state index contributed by atoms with van der Waals surface area (Å²) >= 11 is 0. The average Bonchev–Trinajstić information content (AvgIpc) is 2.98. The van der Waals surface area contributed by atoms with Crippen molar-refractivity contribution in [3.63, 3.8) is 0 Å². The van der Waals surface area contributed by atoms with Gasteiger partial charge in [-0.2, -0.15) is 0 Å². The van der Waals surface area contributed by atoms with Crippen molar-refractivity contribution >= 4 is 21.6 Å². The van der Waals surface area contributed by atoms with Crippen LogP contribution in [0.4, 0.5) is 5.69 Å². The van der Waals surface area contributed by atoms with Crippen LogP contribution < -0.4 is 15.4 Å². The van der Waals surface area contributed by atoms with E-state index in [1.54, 1.807) is 39.8 Å². The topological polar surface area (TPSA) is 87.3 Å². The summed E-state index contributed by atoms with van der Waals surface area (Å²) in [6.45, 7) is 9.12. The number of carbonyl (C=O) groups excluding carboxylic acids is 1. The van der Waals surface area contributed by atoms with Crippen LogP contribution in [0.5, 0.6) is 0 Å². The number of hydrogen-bond acceptors (Lipinski definition) is 4. The van der Waals surface area contributed by atoms with Gasteiger partial charge < -0.3 is 10.6 Å². The number of carbonyl (C=O) groups is 1. The molecule has 0 aliphatic carbocycles. The molecular formula is C18H29N3O3S. The third kappa shape index (κ3) is 6.09. The molecule has 0 spiro atoms. The maximum Gasteiger partial charge on any atom is 0.241 e. The van der Waals surface area contributed by atoms with Crippen molar-refractivity contribution < 1.29 is 13.2 Å². The number of sulfonamides is 1. The lowest BCUT2D eigenvalue weighted by Crippen LogP contribution is -2.40. The third-order valence-electron chi connectivity index (χ3n) is 4.14. The second-order valence-electron chi connectivity index (χ2n) is 7.78. The maximum absolute atomic E-state index is 12.6. The largest absolute Gasteiger partial charge is 0.326 e. The van der Waals surface area contributed by atoms with Crippen LogP contribution in [0.25, 0.3) is 0 Å². The Kier molecular flexibility index (Phi) is 6.24. The van der Waals surface area contributed by atoms with E-state index >= 15 is 0 Å². The highest BCUT2D eigenvalue weighted by Crippen LogP contribution is 2.22. The van der Waals surface area contributed by atoms with Gasteiger partial charge in [-0.1, -0.05) is 6.07 Å². The van der Waals surface area contributed by atoms with E-state index in [0.29, 0.717) is 23.6 Å². The number of nitrogens with one attached hydrogen (secondary N) is 3. The normalized spacial score (nSPS) is 18.3. The number of hydrogen-bond donors (Lipinski definition) is 3. The highest BCUT2D eigenvalue weighted by Gasteiger charge is 2.24. The van der Waals surface area contributed by atoms with Crippen LogP contribution in [0.2, 0.25) is 0 Å². The molecule has 0 saturated carbocycles. The summed E-state index contributed by atoms with van der Waals surface area (Å²) in [6, 6.07) is 4.98. The molecular weight excluding hydrogens is 338 g/mol. The molecule has 1 atom stereocenters. The molecule has 1 fully saturated rings. The molecule has 1 aromatic carbocycles. The van der Waals surface area contributed by atoms with Crippen molar-refractivity contribution in [2.24, 2.45) is 5.92 Å². The lowest BCUT2D eigenvalue weighted by atomic mass is 10.0. The Morgan fingerprint density at radius 3 is 2.64 bits per heavy atom. The molecule has 6 nitrogen and oxygen atoms in total. The van der Waals surface area contributed by atoms with E-state index < -0.39 is 15.6 Å². The molecule has 1 amide bonds. The Labute approximate surface area is 150 Å². The van der Waals surface area contributed by atoms with E-state index in [1.807, 2.05) is 0 Å². The van der Waals surface area contributed by atoms with Crippen molar-refractivity contribution in [2.45, 2.75) is 57.4 Å². The van der Waals surface area contributed by atoms with Gasteiger partial charge in [0.15, 0.2) is 0 Å². The Morgan fingerprint density at radius 1 is 1.32 bits per heavy atom. The minimum atomic E-state index is -3.64. The summed E-state index contributed by atoms with van der Waals surface area (Å²) in [7, 11) is -3.64. The first-order valence-electron chi connectivity index (χ1n) is 8.72. The molecule has 3 N–H and O–H groups in total. The van der Waals surface area contributed by atoms with Gasteiger partial charge in [0.1, 0.15) is 0 Å².